The van der Waals surface area contributed by atoms with Crippen molar-refractivity contribution in [3.63, 3.8) is 0 Å². The van der Waals surface area contributed by atoms with Crippen molar-refractivity contribution >= 4 is 22.7 Å². The highest BCUT2D eigenvalue weighted by Crippen LogP contribution is 2.01. The SMILES string of the molecule is O=S(O)OCCCCCCOS(=O)O. The molecule has 8 heteroatoms. The molecule has 0 fully saturated rings. The summed E-state index contributed by atoms with van der Waals surface area (Å²) in [7, 11) is 0. The second-order valence-electron chi connectivity index (χ2n) is 2.49. The fourth-order valence-corrected chi connectivity index (χ4v) is 1.34. The number of hydrogen-bond donors (Lipinski definition) is 2. The van der Waals surface area contributed by atoms with Crippen molar-refractivity contribution in [3.05, 3.63) is 0 Å². The first-order chi connectivity index (χ1) is 6.63. The van der Waals surface area contributed by atoms with Crippen LogP contribution in [0.2, 0.25) is 0 Å². The Labute approximate surface area is 88.0 Å². The molecule has 0 aromatic carbocycles. The van der Waals surface area contributed by atoms with Gasteiger partial charge in [0.05, 0.1) is 13.2 Å². The Kier molecular flexibility index (Phi) is 9.78. The van der Waals surface area contributed by atoms with E-state index in [-0.39, 0.29) is 13.2 Å². The summed E-state index contributed by atoms with van der Waals surface area (Å²) in [4.78, 5) is 0. The van der Waals surface area contributed by atoms with Gasteiger partial charge in [-0.25, -0.2) is 0 Å². The average molecular weight is 246 g/mol. The van der Waals surface area contributed by atoms with Crippen LogP contribution >= 0.6 is 0 Å². The Morgan fingerprint density at radius 1 is 0.786 bits per heavy atom. The molecule has 2 N–H and O–H groups in total. The standard InChI is InChI=1S/C6H14O6S2/c7-13(8)11-5-3-1-2-4-6-12-14(9)10/h1-6H2,(H,7,8)(H,9,10). The molecule has 2 atom stereocenters. The molecule has 0 amide bonds. The van der Waals surface area contributed by atoms with Gasteiger partial charge in [-0.15, -0.1) is 0 Å². The first kappa shape index (κ1) is 14.1. The minimum Gasteiger partial charge on any atom is -0.284 e. The Morgan fingerprint density at radius 3 is 1.43 bits per heavy atom. The zero-order chi connectivity index (χ0) is 10.8. The zero-order valence-corrected chi connectivity index (χ0v) is 9.22. The summed E-state index contributed by atoms with van der Waals surface area (Å²) in [5, 5.41) is 0. The molecule has 0 heterocycles. The van der Waals surface area contributed by atoms with Crippen LogP contribution in [0.5, 0.6) is 0 Å². The molecule has 0 aliphatic heterocycles. The molecule has 0 radical (unpaired) electrons. The molecule has 86 valence electrons. The van der Waals surface area contributed by atoms with Crippen molar-refractivity contribution in [2.45, 2.75) is 25.7 Å². The van der Waals surface area contributed by atoms with Crippen LogP contribution in [0.15, 0.2) is 0 Å². The predicted octanol–water partition coefficient (Wildman–Crippen LogP) is 0.853. The third kappa shape index (κ3) is 12.1. The minimum atomic E-state index is -2.18. The average Bonchev–Trinajstić information content (AvgIpc) is 2.08. The van der Waals surface area contributed by atoms with Crippen LogP contribution in [-0.2, 0) is 31.1 Å². The highest BCUT2D eigenvalue weighted by atomic mass is 32.2. The quantitative estimate of drug-likeness (QED) is 0.463. The molecule has 14 heavy (non-hydrogen) atoms. The highest BCUT2D eigenvalue weighted by molar-refractivity contribution is 7.74. The van der Waals surface area contributed by atoms with E-state index < -0.39 is 22.7 Å². The van der Waals surface area contributed by atoms with Gasteiger partial charge in [-0.05, 0) is 12.8 Å². The monoisotopic (exact) mass is 246 g/mol. The lowest BCUT2D eigenvalue weighted by atomic mass is 10.2. The maximum atomic E-state index is 10.0. The van der Waals surface area contributed by atoms with Crippen LogP contribution in [0.3, 0.4) is 0 Å². The first-order valence-electron chi connectivity index (χ1n) is 4.11. The Bertz CT molecular complexity index is 165. The molecular weight excluding hydrogens is 232 g/mol. The van der Waals surface area contributed by atoms with Crippen LogP contribution in [0.4, 0.5) is 0 Å². The largest absolute Gasteiger partial charge is 0.301 e. The van der Waals surface area contributed by atoms with E-state index in [2.05, 4.69) is 8.37 Å². The van der Waals surface area contributed by atoms with Crippen molar-refractivity contribution in [2.24, 2.45) is 0 Å². The van der Waals surface area contributed by atoms with Crippen molar-refractivity contribution in [2.75, 3.05) is 13.2 Å². The van der Waals surface area contributed by atoms with Crippen molar-refractivity contribution < 1.29 is 25.9 Å². The van der Waals surface area contributed by atoms with Crippen molar-refractivity contribution in [1.82, 2.24) is 0 Å². The molecule has 0 aromatic rings. The summed E-state index contributed by atoms with van der Waals surface area (Å²) in [5.74, 6) is 0. The predicted molar refractivity (Wildman–Crippen MR) is 51.9 cm³/mol. The summed E-state index contributed by atoms with van der Waals surface area (Å²) >= 11 is -4.36. The van der Waals surface area contributed by atoms with Gasteiger partial charge in [0.25, 0.3) is 0 Å². The van der Waals surface area contributed by atoms with Gasteiger partial charge >= 0.3 is 22.7 Å². The molecule has 6 nitrogen and oxygen atoms in total. The molecular formula is C6H14O6S2. The van der Waals surface area contributed by atoms with Crippen LogP contribution in [0, 0.1) is 0 Å². The number of unbranched alkanes of at least 4 members (excludes halogenated alkanes) is 3. The lowest BCUT2D eigenvalue weighted by molar-refractivity contribution is 0.281. The van der Waals surface area contributed by atoms with Crippen LogP contribution in [-0.4, -0.2) is 30.7 Å². The second kappa shape index (κ2) is 9.69. The molecule has 2 unspecified atom stereocenters. The molecule has 0 aromatic heterocycles. The summed E-state index contributed by atoms with van der Waals surface area (Å²) in [5.41, 5.74) is 0. The molecule has 0 saturated carbocycles. The van der Waals surface area contributed by atoms with E-state index in [1.807, 2.05) is 0 Å². The topological polar surface area (TPSA) is 93.1 Å². The van der Waals surface area contributed by atoms with E-state index >= 15 is 0 Å². The molecule has 0 spiro atoms. The van der Waals surface area contributed by atoms with E-state index in [4.69, 9.17) is 9.11 Å². The Balaban J connectivity index is 2.99. The Hall–Kier alpha value is 0.140. The molecule has 0 saturated heterocycles. The van der Waals surface area contributed by atoms with E-state index in [1.165, 1.54) is 0 Å². The molecule has 0 rings (SSSR count). The lowest BCUT2D eigenvalue weighted by Gasteiger charge is -2.00. The van der Waals surface area contributed by atoms with Crippen molar-refractivity contribution in [1.29, 1.82) is 0 Å². The zero-order valence-electron chi connectivity index (χ0n) is 7.59. The molecule has 0 aliphatic rings. The fraction of sp³-hybridized carbons (Fsp3) is 1.00. The maximum Gasteiger partial charge on any atom is 0.301 e. The van der Waals surface area contributed by atoms with Crippen molar-refractivity contribution in [3.8, 4) is 0 Å². The normalized spacial score (nSPS) is 15.3. The molecule has 0 aliphatic carbocycles. The van der Waals surface area contributed by atoms with Gasteiger partial charge in [0.15, 0.2) is 0 Å². The van der Waals surface area contributed by atoms with Gasteiger partial charge < -0.3 is 0 Å². The third-order valence-corrected chi connectivity index (χ3v) is 2.14. The van der Waals surface area contributed by atoms with Crippen LogP contribution in [0.25, 0.3) is 0 Å². The lowest BCUT2D eigenvalue weighted by Crippen LogP contribution is -1.99. The summed E-state index contributed by atoms with van der Waals surface area (Å²) in [6.07, 6.45) is 3.04. The van der Waals surface area contributed by atoms with Gasteiger partial charge in [0.1, 0.15) is 0 Å². The highest BCUT2D eigenvalue weighted by Gasteiger charge is 1.96. The smallest absolute Gasteiger partial charge is 0.284 e. The van der Waals surface area contributed by atoms with Gasteiger partial charge in [-0.3, -0.25) is 17.5 Å². The van der Waals surface area contributed by atoms with E-state index in [9.17, 15) is 8.42 Å². The third-order valence-electron chi connectivity index (χ3n) is 1.41. The summed E-state index contributed by atoms with van der Waals surface area (Å²) in [6, 6.07) is 0. The summed E-state index contributed by atoms with van der Waals surface area (Å²) < 4.78 is 45.3. The van der Waals surface area contributed by atoms with E-state index in [1.54, 1.807) is 0 Å². The second-order valence-corrected chi connectivity index (χ2v) is 3.83. The Morgan fingerprint density at radius 2 is 1.14 bits per heavy atom. The summed E-state index contributed by atoms with van der Waals surface area (Å²) in [6.45, 7) is 0.492. The van der Waals surface area contributed by atoms with Gasteiger partial charge in [-0.2, -0.15) is 8.42 Å². The van der Waals surface area contributed by atoms with Gasteiger partial charge in [-0.1, -0.05) is 12.8 Å². The van der Waals surface area contributed by atoms with Gasteiger partial charge in [0, 0.05) is 0 Å². The van der Waals surface area contributed by atoms with Gasteiger partial charge in [0.2, 0.25) is 0 Å². The van der Waals surface area contributed by atoms with Crippen LogP contribution in [0.1, 0.15) is 25.7 Å². The fourth-order valence-electron chi connectivity index (χ4n) is 0.818. The minimum absolute atomic E-state index is 0.246. The molecule has 0 bridgehead atoms. The number of rotatable bonds is 9. The van der Waals surface area contributed by atoms with E-state index in [0.717, 1.165) is 12.8 Å². The maximum absolute atomic E-state index is 10.0. The van der Waals surface area contributed by atoms with E-state index in [0.29, 0.717) is 12.8 Å². The number of hydrogen-bond acceptors (Lipinski definition) is 4. The van der Waals surface area contributed by atoms with Crippen LogP contribution < -0.4 is 0 Å². The first-order valence-corrected chi connectivity index (χ1v) is 6.17.